The van der Waals surface area contributed by atoms with Gasteiger partial charge in [-0.1, -0.05) is 12.1 Å². The molecule has 0 saturated heterocycles. The van der Waals surface area contributed by atoms with Gasteiger partial charge in [0.2, 0.25) is 0 Å². The Morgan fingerprint density at radius 3 is 3.07 bits per heavy atom. The molecule has 0 saturated carbocycles. The van der Waals surface area contributed by atoms with Crippen molar-refractivity contribution in [3.05, 3.63) is 35.6 Å². The maximum Gasteiger partial charge on any atom is 0.134 e. The summed E-state index contributed by atoms with van der Waals surface area (Å²) in [5, 5.41) is 1.18. The molecular weight excluding hydrogens is 178 g/mol. The highest BCUT2D eigenvalue weighted by atomic mass is 16.6. The fourth-order valence-corrected chi connectivity index (χ4v) is 1.63. The zero-order chi connectivity index (χ0) is 9.97. The smallest absolute Gasteiger partial charge is 0.134 e. The minimum absolute atomic E-state index is 0.689. The van der Waals surface area contributed by atoms with Crippen molar-refractivity contribution in [1.29, 1.82) is 0 Å². The lowest BCUT2D eigenvalue weighted by molar-refractivity contribution is 0.0870. The van der Waals surface area contributed by atoms with Crippen molar-refractivity contribution in [3.63, 3.8) is 0 Å². The minimum Gasteiger partial charge on any atom is -0.464 e. The molecule has 1 aromatic heterocycles. The van der Waals surface area contributed by atoms with Crippen molar-refractivity contribution < 1.29 is 9.25 Å². The fourth-order valence-electron chi connectivity index (χ4n) is 1.63. The molecule has 0 amide bonds. The van der Waals surface area contributed by atoms with Crippen molar-refractivity contribution in [2.45, 2.75) is 13.5 Å². The molecule has 1 N–H and O–H groups in total. The highest BCUT2D eigenvalue weighted by molar-refractivity contribution is 5.84. The third kappa shape index (κ3) is 1.52. The zero-order valence-electron chi connectivity index (χ0n) is 8.33. The van der Waals surface area contributed by atoms with Crippen molar-refractivity contribution in [1.82, 2.24) is 5.48 Å². The van der Waals surface area contributed by atoms with E-state index in [0.29, 0.717) is 6.54 Å². The third-order valence-corrected chi connectivity index (χ3v) is 2.28. The Morgan fingerprint density at radius 2 is 2.29 bits per heavy atom. The van der Waals surface area contributed by atoms with Gasteiger partial charge in [-0.25, -0.2) is 0 Å². The Hall–Kier alpha value is -1.32. The Bertz CT molecular complexity index is 434. The quantitative estimate of drug-likeness (QED) is 0.756. The molecule has 1 heterocycles. The predicted molar refractivity (Wildman–Crippen MR) is 54.8 cm³/mol. The van der Waals surface area contributed by atoms with Gasteiger partial charge in [-0.2, -0.15) is 5.48 Å². The first-order chi connectivity index (χ1) is 6.83. The Morgan fingerprint density at radius 1 is 1.43 bits per heavy atom. The van der Waals surface area contributed by atoms with Gasteiger partial charge in [-0.05, 0) is 24.1 Å². The lowest BCUT2D eigenvalue weighted by atomic mass is 10.1. The molecule has 0 fully saturated rings. The lowest BCUT2D eigenvalue weighted by Crippen LogP contribution is -2.10. The summed E-state index contributed by atoms with van der Waals surface area (Å²) in [5.74, 6) is 0. The molecule has 0 bridgehead atoms. The minimum atomic E-state index is 0.689. The molecule has 0 unspecified atom stereocenters. The van der Waals surface area contributed by atoms with Gasteiger partial charge in [0.15, 0.2) is 0 Å². The first-order valence-electron chi connectivity index (χ1n) is 4.54. The van der Waals surface area contributed by atoms with Crippen LogP contribution in [0.15, 0.2) is 28.9 Å². The summed E-state index contributed by atoms with van der Waals surface area (Å²) in [7, 11) is 1.61. The Labute approximate surface area is 82.6 Å². The van der Waals surface area contributed by atoms with E-state index in [-0.39, 0.29) is 0 Å². The second-order valence-corrected chi connectivity index (χ2v) is 3.23. The van der Waals surface area contributed by atoms with E-state index in [0.717, 1.165) is 11.1 Å². The van der Waals surface area contributed by atoms with E-state index in [1.54, 1.807) is 13.4 Å². The van der Waals surface area contributed by atoms with E-state index >= 15 is 0 Å². The Kier molecular flexibility index (Phi) is 2.52. The first kappa shape index (κ1) is 9.24. The monoisotopic (exact) mass is 191 g/mol. The summed E-state index contributed by atoms with van der Waals surface area (Å²) in [6.45, 7) is 2.73. The number of hydroxylamine groups is 1. The van der Waals surface area contributed by atoms with Crippen LogP contribution in [0.3, 0.4) is 0 Å². The molecule has 0 atom stereocenters. The third-order valence-electron chi connectivity index (χ3n) is 2.28. The molecule has 3 nitrogen and oxygen atoms in total. The Balaban J connectivity index is 2.46. The van der Waals surface area contributed by atoms with Crippen molar-refractivity contribution in [3.8, 4) is 0 Å². The molecule has 14 heavy (non-hydrogen) atoms. The standard InChI is InChI=1S/C11H13NO2/c1-8-7-14-10-5-3-4-9(11(8)10)6-12-13-2/h3-5,7,12H,6H2,1-2H3. The lowest BCUT2D eigenvalue weighted by Gasteiger charge is -2.03. The predicted octanol–water partition coefficient (Wildman–Crippen LogP) is 2.39. The number of nitrogens with one attached hydrogen (secondary N) is 1. The van der Waals surface area contributed by atoms with E-state index < -0.39 is 0 Å². The number of rotatable bonds is 3. The fraction of sp³-hybridized carbons (Fsp3) is 0.273. The summed E-state index contributed by atoms with van der Waals surface area (Å²) in [6.07, 6.45) is 1.78. The topological polar surface area (TPSA) is 34.4 Å². The van der Waals surface area contributed by atoms with Gasteiger partial charge in [0, 0.05) is 11.9 Å². The van der Waals surface area contributed by atoms with Crippen LogP contribution in [0.1, 0.15) is 11.1 Å². The summed E-state index contributed by atoms with van der Waals surface area (Å²) >= 11 is 0. The highest BCUT2D eigenvalue weighted by Crippen LogP contribution is 2.24. The van der Waals surface area contributed by atoms with Gasteiger partial charge in [0.1, 0.15) is 5.58 Å². The zero-order valence-corrected chi connectivity index (χ0v) is 8.33. The van der Waals surface area contributed by atoms with Crippen molar-refractivity contribution in [2.75, 3.05) is 7.11 Å². The van der Waals surface area contributed by atoms with Crippen LogP contribution in [0.5, 0.6) is 0 Å². The van der Waals surface area contributed by atoms with Crippen molar-refractivity contribution >= 4 is 11.0 Å². The van der Waals surface area contributed by atoms with Crippen LogP contribution in [0, 0.1) is 6.92 Å². The molecule has 74 valence electrons. The molecular formula is C11H13NO2. The second kappa shape index (κ2) is 3.82. The number of benzene rings is 1. The number of fused-ring (bicyclic) bond motifs is 1. The number of hydrogen-bond acceptors (Lipinski definition) is 3. The van der Waals surface area contributed by atoms with E-state index in [2.05, 4.69) is 11.5 Å². The summed E-state index contributed by atoms with van der Waals surface area (Å²) in [4.78, 5) is 4.83. The summed E-state index contributed by atoms with van der Waals surface area (Å²) in [5.41, 5.74) is 6.11. The van der Waals surface area contributed by atoms with Crippen molar-refractivity contribution in [2.24, 2.45) is 0 Å². The average Bonchev–Trinajstić information content (AvgIpc) is 2.58. The maximum atomic E-state index is 5.40. The molecule has 2 aromatic rings. The van der Waals surface area contributed by atoms with Gasteiger partial charge >= 0.3 is 0 Å². The van der Waals surface area contributed by atoms with Gasteiger partial charge < -0.3 is 9.25 Å². The van der Waals surface area contributed by atoms with Gasteiger partial charge in [0.05, 0.1) is 13.4 Å². The van der Waals surface area contributed by atoms with Crippen LogP contribution in [0.25, 0.3) is 11.0 Å². The molecule has 1 aromatic carbocycles. The van der Waals surface area contributed by atoms with Crippen LogP contribution in [-0.4, -0.2) is 7.11 Å². The van der Waals surface area contributed by atoms with E-state index in [1.165, 1.54) is 10.9 Å². The normalized spacial score (nSPS) is 11.0. The first-order valence-corrected chi connectivity index (χ1v) is 4.54. The molecule has 0 aliphatic heterocycles. The summed E-state index contributed by atoms with van der Waals surface area (Å²) in [6, 6.07) is 6.02. The highest BCUT2D eigenvalue weighted by Gasteiger charge is 2.06. The van der Waals surface area contributed by atoms with Gasteiger partial charge in [0.25, 0.3) is 0 Å². The van der Waals surface area contributed by atoms with E-state index in [9.17, 15) is 0 Å². The van der Waals surface area contributed by atoms with E-state index in [1.807, 2.05) is 19.1 Å². The number of furan rings is 1. The van der Waals surface area contributed by atoms with Crippen LogP contribution >= 0.6 is 0 Å². The molecule has 0 aliphatic rings. The largest absolute Gasteiger partial charge is 0.464 e. The summed E-state index contributed by atoms with van der Waals surface area (Å²) < 4.78 is 5.40. The van der Waals surface area contributed by atoms with Crippen LogP contribution in [0.2, 0.25) is 0 Å². The van der Waals surface area contributed by atoms with Crippen LogP contribution in [-0.2, 0) is 11.4 Å². The molecule has 2 rings (SSSR count). The maximum absolute atomic E-state index is 5.40. The van der Waals surface area contributed by atoms with Crippen LogP contribution in [0.4, 0.5) is 0 Å². The van der Waals surface area contributed by atoms with Gasteiger partial charge in [-0.3, -0.25) is 0 Å². The van der Waals surface area contributed by atoms with Crippen LogP contribution < -0.4 is 5.48 Å². The number of aryl methyl sites for hydroxylation is 1. The van der Waals surface area contributed by atoms with Gasteiger partial charge in [-0.15, -0.1) is 0 Å². The molecule has 3 heteroatoms. The molecule has 0 radical (unpaired) electrons. The number of hydrogen-bond donors (Lipinski definition) is 1. The second-order valence-electron chi connectivity index (χ2n) is 3.23. The molecule has 0 aliphatic carbocycles. The molecule has 0 spiro atoms. The van der Waals surface area contributed by atoms with E-state index in [4.69, 9.17) is 9.25 Å². The average molecular weight is 191 g/mol. The SMILES string of the molecule is CONCc1cccc2occ(C)c12.